The normalized spacial score (nSPS) is 28.1. The second-order valence-electron chi connectivity index (χ2n) is 7.89. The van der Waals surface area contributed by atoms with Gasteiger partial charge in [0.05, 0.1) is 11.0 Å². The fourth-order valence-corrected chi connectivity index (χ4v) is 6.09. The Hall–Kier alpha value is -1.47. The first-order valence-corrected chi connectivity index (χ1v) is 11.0. The molecule has 1 amide bonds. The number of likely N-dealkylation sites (tertiary alicyclic amines) is 1. The first kappa shape index (κ1) is 19.3. The van der Waals surface area contributed by atoms with E-state index in [0.717, 1.165) is 13.0 Å². The van der Waals surface area contributed by atoms with E-state index < -0.39 is 15.1 Å². The number of sulfone groups is 1. The molecule has 144 valence electrons. The zero-order valence-electron chi connectivity index (χ0n) is 15.3. The van der Waals surface area contributed by atoms with Crippen LogP contribution in [0.3, 0.4) is 0 Å². The molecule has 0 radical (unpaired) electrons. The molecule has 0 unspecified atom stereocenters. The largest absolute Gasteiger partial charge is 0.349 e. The summed E-state index contributed by atoms with van der Waals surface area (Å²) in [6.07, 6.45) is 1.47. The highest BCUT2D eigenvalue weighted by Crippen LogP contribution is 2.33. The number of amides is 1. The number of carbonyl (C=O) groups excluding carboxylic acids is 1. The summed E-state index contributed by atoms with van der Waals surface area (Å²) >= 11 is 0. The molecule has 0 spiro atoms. The van der Waals surface area contributed by atoms with Gasteiger partial charge in [0.15, 0.2) is 9.84 Å². The molecule has 2 aliphatic rings. The van der Waals surface area contributed by atoms with Crippen LogP contribution >= 0.6 is 0 Å². The van der Waals surface area contributed by atoms with Crippen molar-refractivity contribution in [2.45, 2.75) is 38.0 Å². The third kappa shape index (κ3) is 4.26. The van der Waals surface area contributed by atoms with E-state index in [2.05, 4.69) is 24.1 Å². The number of halogens is 1. The van der Waals surface area contributed by atoms with E-state index in [9.17, 15) is 17.6 Å². The molecule has 3 atom stereocenters. The van der Waals surface area contributed by atoms with Gasteiger partial charge >= 0.3 is 0 Å². The predicted molar refractivity (Wildman–Crippen MR) is 99.2 cm³/mol. The van der Waals surface area contributed by atoms with Gasteiger partial charge in [-0.15, -0.1) is 0 Å². The van der Waals surface area contributed by atoms with Gasteiger partial charge in [-0.05, 0) is 49.6 Å². The van der Waals surface area contributed by atoms with Gasteiger partial charge in [-0.25, -0.2) is 12.8 Å². The predicted octanol–water partition coefficient (Wildman–Crippen LogP) is 2.09. The molecule has 1 N–H and O–H groups in total. The molecule has 2 fully saturated rings. The second-order valence-corrected chi connectivity index (χ2v) is 10.2. The van der Waals surface area contributed by atoms with Crippen molar-refractivity contribution in [3.8, 4) is 0 Å². The highest BCUT2D eigenvalue weighted by Gasteiger charge is 2.48. The monoisotopic (exact) mass is 382 g/mol. The lowest BCUT2D eigenvalue weighted by Crippen LogP contribution is -2.51. The van der Waals surface area contributed by atoms with Crippen LogP contribution in [-0.2, 0) is 9.84 Å². The first-order valence-electron chi connectivity index (χ1n) is 9.26. The maximum Gasteiger partial charge on any atom is 0.251 e. The van der Waals surface area contributed by atoms with E-state index in [1.54, 1.807) is 0 Å². The van der Waals surface area contributed by atoms with Crippen LogP contribution in [0.5, 0.6) is 0 Å². The number of hydrogen-bond acceptors (Lipinski definition) is 4. The van der Waals surface area contributed by atoms with Crippen molar-refractivity contribution in [2.75, 3.05) is 25.4 Å². The number of nitrogens with one attached hydrogen (secondary N) is 1. The lowest BCUT2D eigenvalue weighted by molar-refractivity contribution is 0.0919. The smallest absolute Gasteiger partial charge is 0.251 e. The fraction of sp³-hybridized carbons (Fsp3) is 0.632. The van der Waals surface area contributed by atoms with E-state index >= 15 is 0 Å². The summed E-state index contributed by atoms with van der Waals surface area (Å²) in [6, 6.07) is 5.25. The molecule has 2 heterocycles. The van der Waals surface area contributed by atoms with Crippen LogP contribution in [0.4, 0.5) is 4.39 Å². The van der Waals surface area contributed by atoms with Gasteiger partial charge in [-0.3, -0.25) is 4.79 Å². The van der Waals surface area contributed by atoms with Crippen LogP contribution < -0.4 is 5.32 Å². The number of benzene rings is 1. The van der Waals surface area contributed by atoms with Gasteiger partial charge in [0.1, 0.15) is 5.82 Å². The Bertz CT molecular complexity index is 749. The number of carbonyl (C=O) groups is 1. The molecule has 2 aliphatic heterocycles. The third-order valence-electron chi connectivity index (χ3n) is 5.52. The van der Waals surface area contributed by atoms with Gasteiger partial charge in [0.25, 0.3) is 5.91 Å². The van der Waals surface area contributed by atoms with Crippen molar-refractivity contribution in [1.82, 2.24) is 10.2 Å². The van der Waals surface area contributed by atoms with Crippen LogP contribution in [0.2, 0.25) is 0 Å². The molecule has 3 rings (SSSR count). The third-order valence-corrected chi connectivity index (χ3v) is 7.75. The molecule has 7 heteroatoms. The van der Waals surface area contributed by atoms with Gasteiger partial charge < -0.3 is 10.2 Å². The van der Waals surface area contributed by atoms with E-state index in [0.29, 0.717) is 31.0 Å². The Kier molecular flexibility index (Phi) is 5.67. The average molecular weight is 383 g/mol. The standard InChI is InChI=1S/C19H27FN2O3S/c1-13(2)7-9-22-11-16-17(8-10-26(24,25)18(16)12-22)21-19(23)14-3-5-15(20)6-4-14/h3-6,13,16-18H,7-12H2,1-2H3,(H,21,23)/t16-,17-,18-/m1/s1. The summed E-state index contributed by atoms with van der Waals surface area (Å²) in [5.74, 6) is -0.0512. The van der Waals surface area contributed by atoms with Crippen LogP contribution in [-0.4, -0.2) is 55.9 Å². The Morgan fingerprint density at radius 1 is 1.27 bits per heavy atom. The summed E-state index contributed by atoms with van der Waals surface area (Å²) in [7, 11) is -3.11. The topological polar surface area (TPSA) is 66.5 Å². The van der Waals surface area contributed by atoms with Gasteiger partial charge in [0.2, 0.25) is 0 Å². The molecule has 0 saturated carbocycles. The van der Waals surface area contributed by atoms with Crippen LogP contribution in [0.15, 0.2) is 24.3 Å². The molecule has 0 bridgehead atoms. The number of fused-ring (bicyclic) bond motifs is 1. The lowest BCUT2D eigenvalue weighted by atomic mass is 9.95. The quantitative estimate of drug-likeness (QED) is 0.847. The number of nitrogens with zero attached hydrogens (tertiary/aromatic N) is 1. The van der Waals surface area contributed by atoms with Crippen LogP contribution in [0.1, 0.15) is 37.0 Å². The molecule has 2 saturated heterocycles. The molecule has 26 heavy (non-hydrogen) atoms. The molecule has 1 aromatic rings. The van der Waals surface area contributed by atoms with Gasteiger partial charge in [-0.1, -0.05) is 13.8 Å². The highest BCUT2D eigenvalue weighted by atomic mass is 32.2. The zero-order valence-corrected chi connectivity index (χ0v) is 16.1. The summed E-state index contributed by atoms with van der Waals surface area (Å²) in [5.41, 5.74) is 0.394. The summed E-state index contributed by atoms with van der Waals surface area (Å²) in [4.78, 5) is 14.7. The number of hydrogen-bond donors (Lipinski definition) is 1. The van der Waals surface area contributed by atoms with Crippen LogP contribution in [0, 0.1) is 17.7 Å². The first-order chi connectivity index (χ1) is 12.3. The molecular formula is C19H27FN2O3S. The minimum Gasteiger partial charge on any atom is -0.349 e. The summed E-state index contributed by atoms with van der Waals surface area (Å²) in [5, 5.41) is 2.60. The van der Waals surface area contributed by atoms with Crippen molar-refractivity contribution < 1.29 is 17.6 Å². The molecule has 1 aromatic carbocycles. The minimum absolute atomic E-state index is 0.0784. The Morgan fingerprint density at radius 3 is 2.62 bits per heavy atom. The van der Waals surface area contributed by atoms with Crippen molar-refractivity contribution in [1.29, 1.82) is 0 Å². The Morgan fingerprint density at radius 2 is 1.96 bits per heavy atom. The summed E-state index contributed by atoms with van der Waals surface area (Å²) < 4.78 is 38.0. The molecule has 5 nitrogen and oxygen atoms in total. The van der Waals surface area contributed by atoms with E-state index in [1.165, 1.54) is 24.3 Å². The minimum atomic E-state index is -3.11. The molecule has 0 aliphatic carbocycles. The zero-order chi connectivity index (χ0) is 18.9. The lowest BCUT2D eigenvalue weighted by Gasteiger charge is -2.33. The maximum atomic E-state index is 13.0. The van der Waals surface area contributed by atoms with Crippen molar-refractivity contribution in [3.05, 3.63) is 35.6 Å². The van der Waals surface area contributed by atoms with Crippen molar-refractivity contribution in [3.63, 3.8) is 0 Å². The maximum absolute atomic E-state index is 13.0. The SMILES string of the molecule is CC(C)CCN1C[C@H]2[C@@H](C1)S(=O)(=O)CC[C@H]2NC(=O)c1ccc(F)cc1. The van der Waals surface area contributed by atoms with Crippen molar-refractivity contribution >= 4 is 15.7 Å². The van der Waals surface area contributed by atoms with Crippen molar-refractivity contribution in [2.24, 2.45) is 11.8 Å². The average Bonchev–Trinajstić information content (AvgIpc) is 3.02. The summed E-state index contributed by atoms with van der Waals surface area (Å²) in [6.45, 7) is 6.46. The Labute approximate surface area is 154 Å². The van der Waals surface area contributed by atoms with E-state index in [4.69, 9.17) is 0 Å². The Balaban J connectivity index is 1.70. The van der Waals surface area contributed by atoms with Crippen LogP contribution in [0.25, 0.3) is 0 Å². The van der Waals surface area contributed by atoms with Gasteiger partial charge in [0, 0.05) is 30.6 Å². The number of rotatable bonds is 5. The van der Waals surface area contributed by atoms with E-state index in [-0.39, 0.29) is 29.4 Å². The second kappa shape index (κ2) is 7.64. The molecule has 0 aromatic heterocycles. The highest BCUT2D eigenvalue weighted by molar-refractivity contribution is 7.92. The fourth-order valence-electron chi connectivity index (χ4n) is 3.96. The van der Waals surface area contributed by atoms with Gasteiger partial charge in [-0.2, -0.15) is 0 Å². The van der Waals surface area contributed by atoms with E-state index in [1.807, 2.05) is 0 Å². The molecular weight excluding hydrogens is 355 g/mol.